The van der Waals surface area contributed by atoms with E-state index in [4.69, 9.17) is 4.74 Å². The van der Waals surface area contributed by atoms with Gasteiger partial charge in [0.2, 0.25) is 0 Å². The van der Waals surface area contributed by atoms with Crippen molar-refractivity contribution < 1.29 is 9.53 Å². The minimum Gasteiger partial charge on any atom is -0.455 e. The second kappa shape index (κ2) is 4.11. The molecule has 2 heteroatoms. The monoisotopic (exact) mass is 248 g/mol. The van der Waals surface area contributed by atoms with Gasteiger partial charge in [-0.15, -0.1) is 0 Å². The summed E-state index contributed by atoms with van der Waals surface area (Å²) in [6.45, 7) is 7.66. The number of carbonyl (C=O) groups excluding carboxylic acids is 1. The van der Waals surface area contributed by atoms with Gasteiger partial charge in [0.15, 0.2) is 0 Å². The van der Waals surface area contributed by atoms with Crippen molar-refractivity contribution in [2.45, 2.75) is 58.0 Å². The number of rotatable bonds is 2. The van der Waals surface area contributed by atoms with Crippen LogP contribution >= 0.6 is 0 Å². The van der Waals surface area contributed by atoms with Crippen molar-refractivity contribution in [3.05, 3.63) is 12.2 Å². The molecule has 2 nitrogen and oxygen atoms in total. The second-order valence-electron chi connectivity index (χ2n) is 6.92. The van der Waals surface area contributed by atoms with Gasteiger partial charge in [0.1, 0.15) is 5.60 Å². The number of esters is 1. The molecule has 0 saturated heterocycles. The first-order valence-corrected chi connectivity index (χ1v) is 7.39. The maximum Gasteiger partial charge on any atom is 0.333 e. The molecule has 0 aliphatic heterocycles. The number of hydrogen-bond donors (Lipinski definition) is 0. The maximum atomic E-state index is 11.9. The predicted octanol–water partition coefficient (Wildman–Crippen LogP) is 3.71. The first kappa shape index (κ1) is 12.3. The highest BCUT2D eigenvalue weighted by Crippen LogP contribution is 2.59. The molecular weight excluding hydrogens is 224 g/mol. The van der Waals surface area contributed by atoms with Gasteiger partial charge in [0, 0.05) is 11.5 Å². The molecule has 0 N–H and O–H groups in total. The summed E-state index contributed by atoms with van der Waals surface area (Å²) in [7, 11) is 0. The Morgan fingerprint density at radius 1 is 1.28 bits per heavy atom. The molecule has 0 radical (unpaired) electrons. The summed E-state index contributed by atoms with van der Waals surface area (Å²) in [6, 6.07) is 0. The molecule has 5 atom stereocenters. The van der Waals surface area contributed by atoms with E-state index in [0.29, 0.717) is 17.4 Å². The number of hydrogen-bond acceptors (Lipinski definition) is 2. The maximum absolute atomic E-state index is 11.9. The molecule has 0 amide bonds. The Labute approximate surface area is 110 Å². The van der Waals surface area contributed by atoms with Crippen LogP contribution in [0.5, 0.6) is 0 Å². The van der Waals surface area contributed by atoms with Crippen LogP contribution in [0, 0.1) is 23.7 Å². The fourth-order valence-electron chi connectivity index (χ4n) is 4.88. The molecule has 0 spiro atoms. The summed E-state index contributed by atoms with van der Waals surface area (Å²) in [5.74, 6) is 2.70. The molecule has 0 aromatic rings. The minimum absolute atomic E-state index is 0.188. The SMILES string of the molecule is C=C(C)C(=O)OC1(C)C2CC3CCCC1C(C3)C2. The van der Waals surface area contributed by atoms with Gasteiger partial charge in [0.05, 0.1) is 0 Å². The fraction of sp³-hybridized carbons (Fsp3) is 0.812. The first-order valence-electron chi connectivity index (χ1n) is 7.39. The number of carbonyl (C=O) groups is 1. The van der Waals surface area contributed by atoms with Crippen molar-refractivity contribution in [3.63, 3.8) is 0 Å². The van der Waals surface area contributed by atoms with Crippen LogP contribution in [0.25, 0.3) is 0 Å². The molecule has 0 heterocycles. The third-order valence-electron chi connectivity index (χ3n) is 5.75. The quantitative estimate of drug-likeness (QED) is 0.550. The molecule has 3 aliphatic carbocycles. The molecule has 100 valence electrons. The minimum atomic E-state index is -0.212. The van der Waals surface area contributed by atoms with Crippen LogP contribution in [0.15, 0.2) is 12.2 Å². The molecule has 0 aromatic carbocycles. The summed E-state index contributed by atoms with van der Waals surface area (Å²) in [4.78, 5) is 11.9. The van der Waals surface area contributed by atoms with Crippen LogP contribution in [0.4, 0.5) is 0 Å². The van der Waals surface area contributed by atoms with Gasteiger partial charge >= 0.3 is 5.97 Å². The van der Waals surface area contributed by atoms with Crippen molar-refractivity contribution in [2.75, 3.05) is 0 Å². The summed E-state index contributed by atoms with van der Waals surface area (Å²) in [6.07, 6.45) is 7.89. The molecule has 3 bridgehead atoms. The topological polar surface area (TPSA) is 26.3 Å². The lowest BCUT2D eigenvalue weighted by atomic mass is 9.76. The lowest BCUT2D eigenvalue weighted by Crippen LogP contribution is -2.42. The van der Waals surface area contributed by atoms with Crippen molar-refractivity contribution in [2.24, 2.45) is 23.7 Å². The van der Waals surface area contributed by atoms with E-state index in [0.717, 1.165) is 11.8 Å². The Morgan fingerprint density at radius 3 is 2.78 bits per heavy atom. The summed E-state index contributed by atoms with van der Waals surface area (Å²) >= 11 is 0. The van der Waals surface area contributed by atoms with Gasteiger partial charge < -0.3 is 4.74 Å². The lowest BCUT2D eigenvalue weighted by molar-refractivity contribution is -0.163. The van der Waals surface area contributed by atoms with Gasteiger partial charge in [-0.25, -0.2) is 4.79 Å². The van der Waals surface area contributed by atoms with Gasteiger partial charge in [-0.3, -0.25) is 0 Å². The molecule has 5 unspecified atom stereocenters. The largest absolute Gasteiger partial charge is 0.455 e. The predicted molar refractivity (Wildman–Crippen MR) is 71.0 cm³/mol. The van der Waals surface area contributed by atoms with Crippen LogP contribution in [0.2, 0.25) is 0 Å². The van der Waals surface area contributed by atoms with Crippen molar-refractivity contribution in [1.29, 1.82) is 0 Å². The van der Waals surface area contributed by atoms with E-state index in [-0.39, 0.29) is 11.6 Å². The molecule has 3 saturated carbocycles. The van der Waals surface area contributed by atoms with Gasteiger partial charge in [0.25, 0.3) is 0 Å². The van der Waals surface area contributed by atoms with Gasteiger partial charge in [-0.1, -0.05) is 19.4 Å². The highest BCUT2D eigenvalue weighted by molar-refractivity contribution is 5.87. The number of ether oxygens (including phenoxy) is 1. The van der Waals surface area contributed by atoms with Crippen molar-refractivity contribution >= 4 is 5.97 Å². The standard InChI is InChI=1S/C16H24O2/c1-10(2)15(17)18-16(3)13-8-11-5-4-6-14(16)12(7-11)9-13/h11-14H,1,4-9H2,2-3H3. The van der Waals surface area contributed by atoms with E-state index in [9.17, 15) is 4.79 Å². The molecule has 0 aromatic heterocycles. The normalized spacial score (nSPS) is 45.7. The zero-order valence-corrected chi connectivity index (χ0v) is 11.6. The van der Waals surface area contributed by atoms with Gasteiger partial charge in [-0.05, 0) is 57.3 Å². The average molecular weight is 248 g/mol. The summed E-state index contributed by atoms with van der Waals surface area (Å²) in [5.41, 5.74) is 0.320. The molecular formula is C16H24O2. The molecule has 18 heavy (non-hydrogen) atoms. The van der Waals surface area contributed by atoms with E-state index < -0.39 is 0 Å². The molecule has 3 aliphatic rings. The van der Waals surface area contributed by atoms with E-state index >= 15 is 0 Å². The van der Waals surface area contributed by atoms with Crippen LogP contribution in [0.1, 0.15) is 52.4 Å². The lowest BCUT2D eigenvalue weighted by Gasteiger charge is -2.38. The third-order valence-corrected chi connectivity index (χ3v) is 5.75. The Balaban J connectivity index is 1.87. The third kappa shape index (κ3) is 1.72. The Hall–Kier alpha value is -0.790. The van der Waals surface area contributed by atoms with Gasteiger partial charge in [-0.2, -0.15) is 0 Å². The fourth-order valence-corrected chi connectivity index (χ4v) is 4.88. The zero-order chi connectivity index (χ0) is 12.9. The smallest absolute Gasteiger partial charge is 0.333 e. The first-order chi connectivity index (χ1) is 8.50. The van der Waals surface area contributed by atoms with Crippen LogP contribution in [-0.2, 0) is 9.53 Å². The van der Waals surface area contributed by atoms with E-state index in [1.807, 2.05) is 0 Å². The van der Waals surface area contributed by atoms with Crippen LogP contribution in [0.3, 0.4) is 0 Å². The Morgan fingerprint density at radius 2 is 2.06 bits per heavy atom. The molecule has 3 rings (SSSR count). The zero-order valence-electron chi connectivity index (χ0n) is 11.6. The molecule has 3 fully saturated rings. The highest BCUT2D eigenvalue weighted by Gasteiger charge is 2.58. The summed E-state index contributed by atoms with van der Waals surface area (Å²) < 4.78 is 5.92. The Kier molecular flexibility index (Phi) is 2.80. The summed E-state index contributed by atoms with van der Waals surface area (Å²) in [5, 5.41) is 0. The van der Waals surface area contributed by atoms with Crippen LogP contribution < -0.4 is 0 Å². The van der Waals surface area contributed by atoms with Crippen LogP contribution in [-0.4, -0.2) is 11.6 Å². The van der Waals surface area contributed by atoms with Crippen molar-refractivity contribution in [1.82, 2.24) is 0 Å². The number of fused-ring (bicyclic) bond motifs is 2. The Bertz CT molecular complexity index is 387. The van der Waals surface area contributed by atoms with Crippen molar-refractivity contribution in [3.8, 4) is 0 Å². The highest BCUT2D eigenvalue weighted by atomic mass is 16.6. The van der Waals surface area contributed by atoms with E-state index in [2.05, 4.69) is 13.5 Å². The van der Waals surface area contributed by atoms with E-state index in [1.165, 1.54) is 38.5 Å². The average Bonchev–Trinajstić information content (AvgIpc) is 2.44. The van der Waals surface area contributed by atoms with E-state index in [1.54, 1.807) is 6.92 Å². The second-order valence-corrected chi connectivity index (χ2v) is 6.92.